The van der Waals surface area contributed by atoms with E-state index in [1.165, 1.54) is 0 Å². The van der Waals surface area contributed by atoms with Gasteiger partial charge in [-0.05, 0) is 19.9 Å². The average molecular weight is 271 g/mol. The topological polar surface area (TPSA) is 79.5 Å². The molecular weight excluding hydrogens is 246 g/mol. The Bertz CT molecular complexity index is 320. The van der Waals surface area contributed by atoms with Crippen molar-refractivity contribution in [3.05, 3.63) is 0 Å². The summed E-state index contributed by atoms with van der Waals surface area (Å²) in [4.78, 5) is 23.8. The van der Waals surface area contributed by atoms with Crippen molar-refractivity contribution in [2.45, 2.75) is 32.9 Å². The minimum Gasteiger partial charge on any atom is -0.379 e. The predicted molar refractivity (Wildman–Crippen MR) is 72.6 cm³/mol. The zero-order chi connectivity index (χ0) is 14.4. The molecule has 6 nitrogen and oxygen atoms in total. The van der Waals surface area contributed by atoms with E-state index in [9.17, 15) is 9.59 Å². The minimum absolute atomic E-state index is 0.0194. The zero-order valence-electron chi connectivity index (χ0n) is 12.2. The van der Waals surface area contributed by atoms with Gasteiger partial charge in [0.05, 0.1) is 19.1 Å². The maximum atomic E-state index is 12.1. The zero-order valence-corrected chi connectivity index (χ0v) is 12.2. The van der Waals surface area contributed by atoms with Gasteiger partial charge in [-0.1, -0.05) is 13.8 Å². The molecule has 1 saturated heterocycles. The Morgan fingerprint density at radius 1 is 1.26 bits per heavy atom. The molecule has 1 rings (SSSR count). The van der Waals surface area contributed by atoms with Crippen LogP contribution in [0, 0.1) is 11.8 Å². The maximum Gasteiger partial charge on any atom is 0.242 e. The van der Waals surface area contributed by atoms with Crippen LogP contribution in [-0.4, -0.2) is 50.7 Å². The number of hydrogen-bond acceptors (Lipinski definition) is 4. The van der Waals surface area contributed by atoms with E-state index in [1.807, 2.05) is 13.8 Å². The maximum absolute atomic E-state index is 12.1. The van der Waals surface area contributed by atoms with E-state index in [0.29, 0.717) is 25.7 Å². The fourth-order valence-corrected chi connectivity index (χ4v) is 1.94. The van der Waals surface area contributed by atoms with Crippen molar-refractivity contribution in [2.24, 2.45) is 11.8 Å². The SMILES string of the molecule is CNC1COCC1C(=O)NC(C)C(=O)NCC(C)C. The van der Waals surface area contributed by atoms with Gasteiger partial charge in [0.15, 0.2) is 0 Å². The molecule has 0 aromatic heterocycles. The van der Waals surface area contributed by atoms with Gasteiger partial charge < -0.3 is 20.7 Å². The molecule has 0 radical (unpaired) electrons. The first-order valence-corrected chi connectivity index (χ1v) is 6.78. The molecule has 3 N–H and O–H groups in total. The summed E-state index contributed by atoms with van der Waals surface area (Å²) in [7, 11) is 1.80. The summed E-state index contributed by atoms with van der Waals surface area (Å²) in [6, 6.07) is -0.504. The highest BCUT2D eigenvalue weighted by Gasteiger charge is 2.34. The van der Waals surface area contributed by atoms with Crippen LogP contribution in [0.3, 0.4) is 0 Å². The Hall–Kier alpha value is -1.14. The first kappa shape index (κ1) is 15.9. The smallest absolute Gasteiger partial charge is 0.242 e. The highest BCUT2D eigenvalue weighted by Crippen LogP contribution is 2.13. The number of amides is 2. The largest absolute Gasteiger partial charge is 0.379 e. The number of carbonyl (C=O) groups is 2. The lowest BCUT2D eigenvalue weighted by atomic mass is 10.0. The molecule has 1 fully saturated rings. The van der Waals surface area contributed by atoms with Crippen LogP contribution in [0.1, 0.15) is 20.8 Å². The summed E-state index contributed by atoms with van der Waals surface area (Å²) in [5.74, 6) is -0.125. The van der Waals surface area contributed by atoms with Gasteiger partial charge in [0.2, 0.25) is 11.8 Å². The summed E-state index contributed by atoms with van der Waals surface area (Å²) in [5, 5.41) is 8.59. The van der Waals surface area contributed by atoms with Crippen LogP contribution in [0.15, 0.2) is 0 Å². The van der Waals surface area contributed by atoms with Crippen LogP contribution in [0.2, 0.25) is 0 Å². The molecule has 0 spiro atoms. The Morgan fingerprint density at radius 3 is 2.53 bits per heavy atom. The van der Waals surface area contributed by atoms with Crippen LogP contribution < -0.4 is 16.0 Å². The molecule has 0 saturated carbocycles. The van der Waals surface area contributed by atoms with Crippen molar-refractivity contribution < 1.29 is 14.3 Å². The normalized spacial score (nSPS) is 24.3. The fraction of sp³-hybridized carbons (Fsp3) is 0.846. The van der Waals surface area contributed by atoms with Crippen molar-refractivity contribution in [2.75, 3.05) is 26.8 Å². The third-order valence-corrected chi connectivity index (χ3v) is 3.22. The number of nitrogens with one attached hydrogen (secondary N) is 3. The van der Waals surface area contributed by atoms with Gasteiger partial charge in [-0.2, -0.15) is 0 Å². The molecule has 0 aliphatic carbocycles. The van der Waals surface area contributed by atoms with Gasteiger partial charge in [0.1, 0.15) is 6.04 Å². The fourth-order valence-electron chi connectivity index (χ4n) is 1.94. The van der Waals surface area contributed by atoms with Gasteiger partial charge >= 0.3 is 0 Å². The van der Waals surface area contributed by atoms with Crippen molar-refractivity contribution in [1.82, 2.24) is 16.0 Å². The van der Waals surface area contributed by atoms with Crippen LogP contribution in [0.5, 0.6) is 0 Å². The average Bonchev–Trinajstić information content (AvgIpc) is 2.83. The Balaban J connectivity index is 2.40. The van der Waals surface area contributed by atoms with Gasteiger partial charge in [-0.25, -0.2) is 0 Å². The molecule has 1 aliphatic heterocycles. The van der Waals surface area contributed by atoms with Crippen LogP contribution in [0.25, 0.3) is 0 Å². The number of likely N-dealkylation sites (N-methyl/N-ethyl adjacent to an activating group) is 1. The number of hydrogen-bond donors (Lipinski definition) is 3. The predicted octanol–water partition coefficient (Wildman–Crippen LogP) is -0.502. The van der Waals surface area contributed by atoms with Crippen molar-refractivity contribution in [3.8, 4) is 0 Å². The van der Waals surface area contributed by atoms with Crippen molar-refractivity contribution in [1.29, 1.82) is 0 Å². The van der Waals surface area contributed by atoms with Crippen molar-refractivity contribution in [3.63, 3.8) is 0 Å². The minimum atomic E-state index is -0.524. The Labute approximate surface area is 114 Å². The molecule has 2 amide bonds. The monoisotopic (exact) mass is 271 g/mol. The van der Waals surface area contributed by atoms with Gasteiger partial charge in [0, 0.05) is 12.6 Å². The summed E-state index contributed by atoms with van der Waals surface area (Å²) in [5.41, 5.74) is 0. The van der Waals surface area contributed by atoms with E-state index in [0.717, 1.165) is 0 Å². The second-order valence-electron chi connectivity index (χ2n) is 5.41. The van der Waals surface area contributed by atoms with E-state index in [-0.39, 0.29) is 23.8 Å². The second kappa shape index (κ2) is 7.45. The molecule has 1 aliphatic rings. The third-order valence-electron chi connectivity index (χ3n) is 3.22. The molecule has 0 bridgehead atoms. The van der Waals surface area contributed by atoms with E-state index in [2.05, 4.69) is 16.0 Å². The first-order chi connectivity index (χ1) is 8.95. The van der Waals surface area contributed by atoms with E-state index in [1.54, 1.807) is 14.0 Å². The summed E-state index contributed by atoms with van der Waals surface area (Å²) >= 11 is 0. The van der Waals surface area contributed by atoms with Crippen molar-refractivity contribution >= 4 is 11.8 Å². The molecule has 0 aromatic rings. The second-order valence-corrected chi connectivity index (χ2v) is 5.41. The Kier molecular flexibility index (Phi) is 6.24. The van der Waals surface area contributed by atoms with Crippen LogP contribution >= 0.6 is 0 Å². The van der Waals surface area contributed by atoms with Gasteiger partial charge in [-0.15, -0.1) is 0 Å². The molecule has 19 heavy (non-hydrogen) atoms. The standard InChI is InChI=1S/C13H25N3O3/c1-8(2)5-15-12(17)9(3)16-13(18)10-6-19-7-11(10)14-4/h8-11,14H,5-7H2,1-4H3,(H,15,17)(H,16,18). The number of carbonyl (C=O) groups excluding carboxylic acids is 2. The molecule has 3 unspecified atom stereocenters. The third kappa shape index (κ3) is 4.80. The highest BCUT2D eigenvalue weighted by molar-refractivity contribution is 5.88. The summed E-state index contributed by atoms with van der Waals surface area (Å²) in [6.07, 6.45) is 0. The first-order valence-electron chi connectivity index (χ1n) is 6.78. The highest BCUT2D eigenvalue weighted by atomic mass is 16.5. The van der Waals surface area contributed by atoms with Crippen LogP contribution in [0.4, 0.5) is 0 Å². The molecule has 3 atom stereocenters. The molecular formula is C13H25N3O3. The molecule has 0 aromatic carbocycles. The molecule has 110 valence electrons. The summed E-state index contributed by atoms with van der Waals surface area (Å²) < 4.78 is 5.28. The Morgan fingerprint density at radius 2 is 1.95 bits per heavy atom. The van der Waals surface area contributed by atoms with E-state index < -0.39 is 6.04 Å². The van der Waals surface area contributed by atoms with Crippen LogP contribution in [-0.2, 0) is 14.3 Å². The quantitative estimate of drug-likeness (QED) is 0.608. The van der Waals surface area contributed by atoms with Gasteiger partial charge in [-0.3, -0.25) is 9.59 Å². The van der Waals surface area contributed by atoms with E-state index >= 15 is 0 Å². The molecule has 1 heterocycles. The lowest BCUT2D eigenvalue weighted by Gasteiger charge is -2.20. The lowest BCUT2D eigenvalue weighted by Crippen LogP contribution is -2.50. The number of ether oxygens (including phenoxy) is 1. The summed E-state index contributed by atoms with van der Waals surface area (Å²) in [6.45, 7) is 7.29. The van der Waals surface area contributed by atoms with E-state index in [4.69, 9.17) is 4.74 Å². The lowest BCUT2D eigenvalue weighted by molar-refractivity contribution is -0.131. The van der Waals surface area contributed by atoms with Gasteiger partial charge in [0.25, 0.3) is 0 Å². The molecule has 6 heteroatoms. The number of rotatable bonds is 6.